The molecular formula is C13H19NO. The van der Waals surface area contributed by atoms with Crippen LogP contribution in [0.5, 0.6) is 5.75 Å². The smallest absolute Gasteiger partial charge is 0.120 e. The number of rotatable bonds is 5. The molecule has 2 nitrogen and oxygen atoms in total. The van der Waals surface area contributed by atoms with Crippen LogP contribution in [0.15, 0.2) is 30.3 Å². The average molecular weight is 205 g/mol. The van der Waals surface area contributed by atoms with Crippen LogP contribution in [0.4, 0.5) is 0 Å². The van der Waals surface area contributed by atoms with Crippen LogP contribution in [0, 0.1) is 0 Å². The van der Waals surface area contributed by atoms with E-state index in [0.717, 1.165) is 18.7 Å². The number of para-hydroxylation sites is 1. The van der Waals surface area contributed by atoms with E-state index in [-0.39, 0.29) is 5.60 Å². The van der Waals surface area contributed by atoms with Gasteiger partial charge in [0.25, 0.3) is 0 Å². The topological polar surface area (TPSA) is 21.3 Å². The standard InChI is InChI=1S/C13H19NO/c1-14-11-10-13(8-5-9-13)15-12-6-3-2-4-7-12/h2-4,6-7,14H,5,8-11H2,1H3. The Morgan fingerprint density at radius 1 is 1.27 bits per heavy atom. The van der Waals surface area contributed by atoms with Gasteiger partial charge in [-0.3, -0.25) is 0 Å². The van der Waals surface area contributed by atoms with E-state index in [9.17, 15) is 0 Å². The van der Waals surface area contributed by atoms with Crippen LogP contribution in [0.25, 0.3) is 0 Å². The Labute approximate surface area is 91.6 Å². The molecule has 0 saturated heterocycles. The minimum Gasteiger partial charge on any atom is -0.487 e. The van der Waals surface area contributed by atoms with Gasteiger partial charge in [0.1, 0.15) is 11.4 Å². The molecule has 0 amide bonds. The molecule has 0 aliphatic heterocycles. The quantitative estimate of drug-likeness (QED) is 0.797. The summed E-state index contributed by atoms with van der Waals surface area (Å²) < 4.78 is 6.10. The number of hydrogen-bond acceptors (Lipinski definition) is 2. The molecular weight excluding hydrogens is 186 g/mol. The molecule has 0 spiro atoms. The van der Waals surface area contributed by atoms with Crippen molar-refractivity contribution in [3.05, 3.63) is 30.3 Å². The van der Waals surface area contributed by atoms with E-state index >= 15 is 0 Å². The summed E-state index contributed by atoms with van der Waals surface area (Å²) in [5.74, 6) is 1.01. The monoisotopic (exact) mass is 205 g/mol. The van der Waals surface area contributed by atoms with Crippen molar-refractivity contribution in [2.24, 2.45) is 0 Å². The van der Waals surface area contributed by atoms with Gasteiger partial charge in [-0.2, -0.15) is 0 Å². The summed E-state index contributed by atoms with van der Waals surface area (Å²) >= 11 is 0. The van der Waals surface area contributed by atoms with Gasteiger partial charge in [0.2, 0.25) is 0 Å². The first-order valence-electron chi connectivity index (χ1n) is 5.73. The predicted octanol–water partition coefficient (Wildman–Crippen LogP) is 2.60. The normalized spacial score (nSPS) is 18.2. The SMILES string of the molecule is CNCCC1(Oc2ccccc2)CCC1. The van der Waals surface area contributed by atoms with E-state index in [1.54, 1.807) is 0 Å². The highest BCUT2D eigenvalue weighted by molar-refractivity contribution is 5.22. The second kappa shape index (κ2) is 4.67. The molecule has 15 heavy (non-hydrogen) atoms. The zero-order chi connectivity index (χ0) is 10.6. The first kappa shape index (κ1) is 10.5. The summed E-state index contributed by atoms with van der Waals surface area (Å²) in [6, 6.07) is 10.2. The molecule has 1 aromatic carbocycles. The zero-order valence-electron chi connectivity index (χ0n) is 9.33. The van der Waals surface area contributed by atoms with Crippen LogP contribution in [0.2, 0.25) is 0 Å². The van der Waals surface area contributed by atoms with Crippen molar-refractivity contribution in [1.29, 1.82) is 0 Å². The summed E-state index contributed by atoms with van der Waals surface area (Å²) in [4.78, 5) is 0. The van der Waals surface area contributed by atoms with E-state index in [1.165, 1.54) is 19.3 Å². The van der Waals surface area contributed by atoms with Crippen LogP contribution in [0.3, 0.4) is 0 Å². The van der Waals surface area contributed by atoms with E-state index in [2.05, 4.69) is 5.32 Å². The highest BCUT2D eigenvalue weighted by Crippen LogP contribution is 2.38. The summed E-state index contributed by atoms with van der Waals surface area (Å²) in [5.41, 5.74) is 0.115. The molecule has 1 fully saturated rings. The molecule has 1 aromatic rings. The fourth-order valence-electron chi connectivity index (χ4n) is 2.07. The Kier molecular flexibility index (Phi) is 3.27. The summed E-state index contributed by atoms with van der Waals surface area (Å²) in [5, 5.41) is 3.20. The van der Waals surface area contributed by atoms with E-state index < -0.39 is 0 Å². The molecule has 0 bridgehead atoms. The third kappa shape index (κ3) is 2.51. The number of ether oxygens (including phenoxy) is 1. The third-order valence-corrected chi connectivity index (χ3v) is 3.17. The first-order valence-corrected chi connectivity index (χ1v) is 5.73. The lowest BCUT2D eigenvalue weighted by molar-refractivity contribution is -0.0138. The predicted molar refractivity (Wildman–Crippen MR) is 62.2 cm³/mol. The summed E-state index contributed by atoms with van der Waals surface area (Å²) in [6.45, 7) is 1.03. The Hall–Kier alpha value is -1.02. The maximum absolute atomic E-state index is 6.10. The molecule has 1 N–H and O–H groups in total. The molecule has 0 radical (unpaired) electrons. The molecule has 82 valence electrons. The lowest BCUT2D eigenvalue weighted by Crippen LogP contribution is -2.45. The van der Waals surface area contributed by atoms with Crippen LogP contribution >= 0.6 is 0 Å². The summed E-state index contributed by atoms with van der Waals surface area (Å²) in [7, 11) is 1.99. The van der Waals surface area contributed by atoms with Crippen LogP contribution in [-0.4, -0.2) is 19.2 Å². The largest absolute Gasteiger partial charge is 0.487 e. The van der Waals surface area contributed by atoms with Gasteiger partial charge in [-0.05, 0) is 51.4 Å². The van der Waals surface area contributed by atoms with Gasteiger partial charge in [-0.25, -0.2) is 0 Å². The second-order valence-electron chi connectivity index (χ2n) is 4.31. The van der Waals surface area contributed by atoms with Crippen molar-refractivity contribution >= 4 is 0 Å². The minimum atomic E-state index is 0.115. The van der Waals surface area contributed by atoms with Gasteiger partial charge in [-0.1, -0.05) is 18.2 Å². The lowest BCUT2D eigenvalue weighted by atomic mass is 9.77. The Morgan fingerprint density at radius 3 is 2.53 bits per heavy atom. The number of nitrogens with one attached hydrogen (secondary N) is 1. The number of hydrogen-bond donors (Lipinski definition) is 1. The highest BCUT2D eigenvalue weighted by atomic mass is 16.5. The molecule has 0 unspecified atom stereocenters. The van der Waals surface area contributed by atoms with Gasteiger partial charge in [0, 0.05) is 0 Å². The Bertz CT molecular complexity index is 293. The van der Waals surface area contributed by atoms with E-state index in [4.69, 9.17) is 4.74 Å². The molecule has 2 heteroatoms. The van der Waals surface area contributed by atoms with Gasteiger partial charge in [0.15, 0.2) is 0 Å². The molecule has 1 saturated carbocycles. The molecule has 1 aliphatic rings. The molecule has 1 aliphatic carbocycles. The van der Waals surface area contributed by atoms with E-state index in [1.807, 2.05) is 37.4 Å². The van der Waals surface area contributed by atoms with Crippen molar-refractivity contribution in [3.63, 3.8) is 0 Å². The van der Waals surface area contributed by atoms with Crippen LogP contribution < -0.4 is 10.1 Å². The van der Waals surface area contributed by atoms with Crippen molar-refractivity contribution in [3.8, 4) is 5.75 Å². The molecule has 0 heterocycles. The minimum absolute atomic E-state index is 0.115. The van der Waals surface area contributed by atoms with Gasteiger partial charge >= 0.3 is 0 Å². The Balaban J connectivity index is 1.96. The molecule has 2 rings (SSSR count). The van der Waals surface area contributed by atoms with Crippen LogP contribution in [0.1, 0.15) is 25.7 Å². The molecule has 0 atom stereocenters. The van der Waals surface area contributed by atoms with Crippen molar-refractivity contribution in [1.82, 2.24) is 5.32 Å². The van der Waals surface area contributed by atoms with Gasteiger partial charge < -0.3 is 10.1 Å². The van der Waals surface area contributed by atoms with Gasteiger partial charge in [0.05, 0.1) is 0 Å². The second-order valence-corrected chi connectivity index (χ2v) is 4.31. The lowest BCUT2D eigenvalue weighted by Gasteiger charge is -2.42. The number of benzene rings is 1. The van der Waals surface area contributed by atoms with Crippen LogP contribution in [-0.2, 0) is 0 Å². The average Bonchev–Trinajstić information content (AvgIpc) is 2.23. The summed E-state index contributed by atoms with van der Waals surface area (Å²) in [6.07, 6.45) is 4.81. The van der Waals surface area contributed by atoms with Crippen molar-refractivity contribution in [2.75, 3.05) is 13.6 Å². The van der Waals surface area contributed by atoms with Gasteiger partial charge in [-0.15, -0.1) is 0 Å². The maximum atomic E-state index is 6.10. The maximum Gasteiger partial charge on any atom is 0.120 e. The fourth-order valence-corrected chi connectivity index (χ4v) is 2.07. The zero-order valence-corrected chi connectivity index (χ0v) is 9.33. The van der Waals surface area contributed by atoms with Crippen molar-refractivity contribution < 1.29 is 4.74 Å². The fraction of sp³-hybridized carbons (Fsp3) is 0.538. The Morgan fingerprint density at radius 2 is 2.00 bits per heavy atom. The third-order valence-electron chi connectivity index (χ3n) is 3.17. The van der Waals surface area contributed by atoms with Crippen molar-refractivity contribution in [2.45, 2.75) is 31.3 Å². The highest BCUT2D eigenvalue weighted by Gasteiger charge is 2.38. The first-order chi connectivity index (χ1) is 7.35. The molecule has 0 aromatic heterocycles. The van der Waals surface area contributed by atoms with E-state index in [0.29, 0.717) is 0 Å².